The monoisotopic (exact) mass is 437 g/mol. The lowest BCUT2D eigenvalue weighted by atomic mass is 10.2. The SMILES string of the molecule is CC(C)C(=O)Nc1cccc(NC(=O)NCCCN2CCN(Cc3ccccc3)CC2)c1. The summed E-state index contributed by atoms with van der Waals surface area (Å²) < 4.78 is 0. The summed E-state index contributed by atoms with van der Waals surface area (Å²) >= 11 is 0. The second-order valence-corrected chi connectivity index (χ2v) is 8.56. The van der Waals surface area contributed by atoms with Crippen molar-refractivity contribution in [1.29, 1.82) is 0 Å². The van der Waals surface area contributed by atoms with Crippen LogP contribution in [-0.4, -0.2) is 61.0 Å². The fraction of sp³-hybridized carbons (Fsp3) is 0.440. The van der Waals surface area contributed by atoms with Crippen LogP contribution in [0, 0.1) is 5.92 Å². The smallest absolute Gasteiger partial charge is 0.319 e. The largest absolute Gasteiger partial charge is 0.338 e. The molecule has 32 heavy (non-hydrogen) atoms. The van der Waals surface area contributed by atoms with Crippen LogP contribution in [0.1, 0.15) is 25.8 Å². The number of anilines is 2. The number of carbonyl (C=O) groups is 2. The Morgan fingerprint density at radius 1 is 0.875 bits per heavy atom. The van der Waals surface area contributed by atoms with E-state index in [0.717, 1.165) is 45.7 Å². The maximum absolute atomic E-state index is 12.2. The Morgan fingerprint density at radius 2 is 1.53 bits per heavy atom. The highest BCUT2D eigenvalue weighted by atomic mass is 16.2. The number of benzene rings is 2. The molecule has 172 valence electrons. The molecule has 3 amide bonds. The van der Waals surface area contributed by atoms with Gasteiger partial charge in [0.05, 0.1) is 0 Å². The molecule has 3 rings (SSSR count). The third kappa shape index (κ3) is 7.98. The average Bonchev–Trinajstić information content (AvgIpc) is 2.78. The number of amides is 3. The number of piperazine rings is 1. The third-order valence-electron chi connectivity index (χ3n) is 5.56. The van der Waals surface area contributed by atoms with E-state index >= 15 is 0 Å². The van der Waals surface area contributed by atoms with E-state index in [4.69, 9.17) is 0 Å². The molecule has 0 radical (unpaired) electrons. The van der Waals surface area contributed by atoms with E-state index in [1.54, 1.807) is 12.1 Å². The van der Waals surface area contributed by atoms with E-state index in [9.17, 15) is 9.59 Å². The molecule has 2 aromatic carbocycles. The molecule has 0 aromatic heterocycles. The van der Waals surface area contributed by atoms with Crippen LogP contribution < -0.4 is 16.0 Å². The highest BCUT2D eigenvalue weighted by molar-refractivity contribution is 5.94. The molecule has 3 N–H and O–H groups in total. The quantitative estimate of drug-likeness (QED) is 0.524. The van der Waals surface area contributed by atoms with E-state index in [2.05, 4.69) is 56.1 Å². The minimum atomic E-state index is -0.231. The van der Waals surface area contributed by atoms with E-state index in [-0.39, 0.29) is 17.9 Å². The normalized spacial score (nSPS) is 14.8. The maximum atomic E-state index is 12.2. The van der Waals surface area contributed by atoms with Gasteiger partial charge in [0.25, 0.3) is 0 Å². The second-order valence-electron chi connectivity index (χ2n) is 8.56. The molecule has 1 saturated heterocycles. The minimum absolute atomic E-state index is 0.0486. The summed E-state index contributed by atoms with van der Waals surface area (Å²) in [5.74, 6) is -0.144. The molecule has 1 fully saturated rings. The topological polar surface area (TPSA) is 76.7 Å². The van der Waals surface area contributed by atoms with Gasteiger partial charge in [-0.1, -0.05) is 50.2 Å². The van der Waals surface area contributed by atoms with Gasteiger partial charge in [-0.15, -0.1) is 0 Å². The fourth-order valence-corrected chi connectivity index (χ4v) is 3.65. The molecule has 0 saturated carbocycles. The first kappa shape index (κ1) is 23.8. The minimum Gasteiger partial charge on any atom is -0.338 e. The van der Waals surface area contributed by atoms with Crippen molar-refractivity contribution in [2.24, 2.45) is 5.92 Å². The zero-order valence-corrected chi connectivity index (χ0v) is 19.1. The molecule has 1 aliphatic rings. The Labute approximate surface area is 191 Å². The van der Waals surface area contributed by atoms with Gasteiger partial charge < -0.3 is 20.9 Å². The fourth-order valence-electron chi connectivity index (χ4n) is 3.65. The van der Waals surface area contributed by atoms with Crippen molar-refractivity contribution >= 4 is 23.3 Å². The van der Waals surface area contributed by atoms with Crippen molar-refractivity contribution in [3.05, 3.63) is 60.2 Å². The van der Waals surface area contributed by atoms with Crippen molar-refractivity contribution in [2.45, 2.75) is 26.8 Å². The van der Waals surface area contributed by atoms with Crippen LogP contribution in [0.4, 0.5) is 16.2 Å². The summed E-state index contributed by atoms with van der Waals surface area (Å²) in [7, 11) is 0. The third-order valence-corrected chi connectivity index (χ3v) is 5.56. The number of urea groups is 1. The summed E-state index contributed by atoms with van der Waals surface area (Å²) in [6, 6.07) is 17.6. The number of rotatable bonds is 9. The van der Waals surface area contributed by atoms with Gasteiger partial charge in [-0.2, -0.15) is 0 Å². The molecular weight excluding hydrogens is 402 g/mol. The highest BCUT2D eigenvalue weighted by Gasteiger charge is 2.16. The van der Waals surface area contributed by atoms with Gasteiger partial charge in [0.1, 0.15) is 0 Å². The lowest BCUT2D eigenvalue weighted by Gasteiger charge is -2.34. The van der Waals surface area contributed by atoms with Gasteiger partial charge in [-0.3, -0.25) is 9.69 Å². The van der Waals surface area contributed by atoms with Gasteiger partial charge in [0.2, 0.25) is 5.91 Å². The van der Waals surface area contributed by atoms with E-state index < -0.39 is 0 Å². The molecule has 2 aromatic rings. The van der Waals surface area contributed by atoms with Gasteiger partial charge in [0.15, 0.2) is 0 Å². The molecule has 0 bridgehead atoms. The van der Waals surface area contributed by atoms with Gasteiger partial charge in [-0.25, -0.2) is 4.79 Å². The summed E-state index contributed by atoms with van der Waals surface area (Å²) in [5, 5.41) is 8.59. The molecule has 7 heteroatoms. The van der Waals surface area contributed by atoms with Crippen molar-refractivity contribution in [3.8, 4) is 0 Å². The van der Waals surface area contributed by atoms with Gasteiger partial charge in [0, 0.05) is 56.6 Å². The summed E-state index contributed by atoms with van der Waals surface area (Å²) in [6.45, 7) is 10.6. The van der Waals surface area contributed by atoms with Crippen LogP contribution in [0.2, 0.25) is 0 Å². The summed E-state index contributed by atoms with van der Waals surface area (Å²) in [6.07, 6.45) is 0.913. The van der Waals surface area contributed by atoms with Gasteiger partial charge in [-0.05, 0) is 36.7 Å². The molecule has 7 nitrogen and oxygen atoms in total. The Morgan fingerprint density at radius 3 is 2.22 bits per heavy atom. The first-order chi connectivity index (χ1) is 15.5. The second kappa shape index (κ2) is 12.2. The number of nitrogens with zero attached hydrogens (tertiary/aromatic N) is 2. The zero-order chi connectivity index (χ0) is 22.8. The van der Waals surface area contributed by atoms with E-state index in [1.807, 2.05) is 26.0 Å². The molecule has 0 spiro atoms. The molecule has 1 heterocycles. The van der Waals surface area contributed by atoms with Crippen molar-refractivity contribution in [3.63, 3.8) is 0 Å². The van der Waals surface area contributed by atoms with Crippen LogP contribution >= 0.6 is 0 Å². The Bertz CT molecular complexity index is 864. The van der Waals surface area contributed by atoms with Crippen LogP contribution in [-0.2, 0) is 11.3 Å². The van der Waals surface area contributed by atoms with Crippen LogP contribution in [0.25, 0.3) is 0 Å². The van der Waals surface area contributed by atoms with Gasteiger partial charge >= 0.3 is 6.03 Å². The van der Waals surface area contributed by atoms with Crippen LogP contribution in [0.3, 0.4) is 0 Å². The molecule has 0 atom stereocenters. The summed E-state index contributed by atoms with van der Waals surface area (Å²) in [5.41, 5.74) is 2.69. The molecule has 0 aliphatic carbocycles. The predicted octanol–water partition coefficient (Wildman–Crippen LogP) is 3.61. The molecule has 1 aliphatic heterocycles. The van der Waals surface area contributed by atoms with Crippen molar-refractivity contribution in [2.75, 3.05) is 49.9 Å². The number of carbonyl (C=O) groups excluding carboxylic acids is 2. The van der Waals surface area contributed by atoms with Crippen molar-refractivity contribution in [1.82, 2.24) is 15.1 Å². The van der Waals surface area contributed by atoms with Crippen molar-refractivity contribution < 1.29 is 9.59 Å². The summed E-state index contributed by atoms with van der Waals surface area (Å²) in [4.78, 5) is 29.0. The van der Waals surface area contributed by atoms with E-state index in [0.29, 0.717) is 17.9 Å². The Kier molecular flexibility index (Phi) is 9.07. The number of hydrogen-bond donors (Lipinski definition) is 3. The molecular formula is C25H35N5O2. The Balaban J connectivity index is 1.30. The average molecular weight is 438 g/mol. The Hall–Kier alpha value is -2.90. The lowest BCUT2D eigenvalue weighted by Crippen LogP contribution is -2.46. The molecule has 0 unspecified atom stereocenters. The van der Waals surface area contributed by atoms with E-state index in [1.165, 1.54) is 5.56 Å². The first-order valence-electron chi connectivity index (χ1n) is 11.4. The number of hydrogen-bond acceptors (Lipinski definition) is 4. The van der Waals surface area contributed by atoms with Crippen LogP contribution in [0.15, 0.2) is 54.6 Å². The lowest BCUT2D eigenvalue weighted by molar-refractivity contribution is -0.118. The maximum Gasteiger partial charge on any atom is 0.319 e. The zero-order valence-electron chi connectivity index (χ0n) is 19.1. The first-order valence-corrected chi connectivity index (χ1v) is 11.4. The highest BCUT2D eigenvalue weighted by Crippen LogP contribution is 2.16. The van der Waals surface area contributed by atoms with Crippen LogP contribution in [0.5, 0.6) is 0 Å². The standard InChI is InChI=1S/C25H35N5O2/c1-20(2)24(31)27-22-10-6-11-23(18-22)28-25(32)26-12-7-13-29-14-16-30(17-15-29)19-21-8-4-3-5-9-21/h3-6,8-11,18,20H,7,12-17,19H2,1-2H3,(H,27,31)(H2,26,28,32). The predicted molar refractivity (Wildman–Crippen MR) is 130 cm³/mol. The number of nitrogens with one attached hydrogen (secondary N) is 3.